The molecular weight excluding hydrogens is 513 g/mol. The highest BCUT2D eigenvalue weighted by Crippen LogP contribution is 2.33. The molecule has 1 saturated heterocycles. The molecular formula is C27H27F3N6O3. The Labute approximate surface area is 222 Å². The van der Waals surface area contributed by atoms with Gasteiger partial charge >= 0.3 is 6.18 Å². The predicted molar refractivity (Wildman–Crippen MR) is 139 cm³/mol. The molecule has 1 N–H and O–H groups in total. The summed E-state index contributed by atoms with van der Waals surface area (Å²) >= 11 is 0. The van der Waals surface area contributed by atoms with E-state index in [9.17, 15) is 18.0 Å². The number of imidazole rings is 1. The molecule has 0 bridgehead atoms. The third-order valence-corrected chi connectivity index (χ3v) is 6.32. The van der Waals surface area contributed by atoms with Gasteiger partial charge in [-0.2, -0.15) is 23.1 Å². The van der Waals surface area contributed by atoms with Crippen LogP contribution in [0, 0.1) is 6.92 Å². The number of benzene rings is 2. The molecule has 0 spiro atoms. The van der Waals surface area contributed by atoms with Crippen LogP contribution in [-0.2, 0) is 18.0 Å². The van der Waals surface area contributed by atoms with Gasteiger partial charge in [0.05, 0.1) is 24.1 Å². The topological polar surface area (TPSA) is 94.4 Å². The minimum Gasteiger partial charge on any atom is -0.437 e. The number of fused-ring (bicyclic) bond motifs is 1. The first-order valence-corrected chi connectivity index (χ1v) is 12.3. The number of anilines is 2. The van der Waals surface area contributed by atoms with E-state index in [1.54, 1.807) is 23.0 Å². The predicted octanol–water partition coefficient (Wildman–Crippen LogP) is 5.35. The number of morpholine rings is 1. The lowest BCUT2D eigenvalue weighted by Crippen LogP contribution is -2.46. The van der Waals surface area contributed by atoms with Crippen LogP contribution in [0.4, 0.5) is 24.8 Å². The molecule has 2 unspecified atom stereocenters. The molecule has 1 aliphatic heterocycles. The fraction of sp³-hybridized carbons (Fsp3) is 0.333. The molecule has 39 heavy (non-hydrogen) atoms. The lowest BCUT2D eigenvalue weighted by Gasteiger charge is -2.35. The second-order valence-electron chi connectivity index (χ2n) is 9.63. The maximum atomic E-state index is 13.1. The lowest BCUT2D eigenvalue weighted by atomic mass is 10.1. The van der Waals surface area contributed by atoms with Gasteiger partial charge in [-0.05, 0) is 56.7 Å². The third kappa shape index (κ3) is 5.65. The molecule has 9 nitrogen and oxygen atoms in total. The van der Waals surface area contributed by atoms with Crippen molar-refractivity contribution < 1.29 is 27.4 Å². The summed E-state index contributed by atoms with van der Waals surface area (Å²) in [5.41, 5.74) is 1.14. The zero-order valence-corrected chi connectivity index (χ0v) is 21.8. The minimum absolute atomic E-state index is 0.00165. The molecule has 4 aromatic rings. The summed E-state index contributed by atoms with van der Waals surface area (Å²) in [6, 6.07) is 9.25. The standard InChI is InChI=1S/C27H27F3N6O3/c1-15-8-9-18(24(37)32-20-7-5-6-19(11-20)27(28,29)30)10-21(15)39-25-22-23(35(4)14-31-22)33-26(34-25)36-12-16(2)38-17(3)13-36/h5-11,14,16-17H,12-13H2,1-4H3,(H,32,37). The Morgan fingerprint density at radius 1 is 1.10 bits per heavy atom. The molecule has 204 valence electrons. The molecule has 2 atom stereocenters. The minimum atomic E-state index is -4.52. The molecule has 12 heteroatoms. The molecule has 1 fully saturated rings. The van der Waals surface area contributed by atoms with Crippen molar-refractivity contribution in [1.82, 2.24) is 19.5 Å². The molecule has 0 saturated carbocycles. The molecule has 1 aliphatic rings. The van der Waals surface area contributed by atoms with Gasteiger partial charge in [-0.15, -0.1) is 0 Å². The van der Waals surface area contributed by atoms with Gasteiger partial charge in [0.15, 0.2) is 11.2 Å². The second kappa shape index (κ2) is 10.2. The molecule has 0 radical (unpaired) electrons. The number of amides is 1. The first kappa shape index (κ1) is 26.4. The van der Waals surface area contributed by atoms with Crippen LogP contribution in [0.2, 0.25) is 0 Å². The van der Waals surface area contributed by atoms with Crippen LogP contribution in [0.15, 0.2) is 48.8 Å². The van der Waals surface area contributed by atoms with E-state index in [1.165, 1.54) is 18.2 Å². The number of halogens is 3. The van der Waals surface area contributed by atoms with Gasteiger partial charge in [-0.25, -0.2) is 4.98 Å². The molecule has 2 aromatic heterocycles. The number of aromatic nitrogens is 4. The van der Waals surface area contributed by atoms with Crippen LogP contribution in [0.5, 0.6) is 11.6 Å². The Hall–Kier alpha value is -4.19. The second-order valence-corrected chi connectivity index (χ2v) is 9.63. The first-order valence-electron chi connectivity index (χ1n) is 12.3. The van der Waals surface area contributed by atoms with Crippen LogP contribution in [0.3, 0.4) is 0 Å². The van der Waals surface area contributed by atoms with E-state index in [2.05, 4.69) is 15.3 Å². The Morgan fingerprint density at radius 2 is 1.85 bits per heavy atom. The van der Waals surface area contributed by atoms with Crippen LogP contribution in [0.25, 0.3) is 11.2 Å². The largest absolute Gasteiger partial charge is 0.437 e. The van der Waals surface area contributed by atoms with Crippen molar-refractivity contribution in [2.24, 2.45) is 7.05 Å². The molecule has 5 rings (SSSR count). The molecule has 3 heterocycles. The summed E-state index contributed by atoms with van der Waals surface area (Å²) in [5.74, 6) is 0.467. The van der Waals surface area contributed by atoms with E-state index in [1.807, 2.05) is 32.7 Å². The number of alkyl halides is 3. The van der Waals surface area contributed by atoms with Crippen LogP contribution in [-0.4, -0.2) is 50.7 Å². The first-order chi connectivity index (χ1) is 18.5. The van der Waals surface area contributed by atoms with Gasteiger partial charge in [0.25, 0.3) is 11.8 Å². The van der Waals surface area contributed by atoms with E-state index in [0.29, 0.717) is 36.0 Å². The van der Waals surface area contributed by atoms with Gasteiger partial charge in [0.2, 0.25) is 5.95 Å². The van der Waals surface area contributed by atoms with Crippen molar-refractivity contribution in [2.75, 3.05) is 23.3 Å². The Kier molecular flexibility index (Phi) is 6.89. The van der Waals surface area contributed by atoms with Crippen molar-refractivity contribution >= 4 is 28.7 Å². The number of carbonyl (C=O) groups excluding carboxylic acids is 1. The van der Waals surface area contributed by atoms with Gasteiger partial charge < -0.3 is 24.3 Å². The Morgan fingerprint density at radius 3 is 2.56 bits per heavy atom. The smallest absolute Gasteiger partial charge is 0.416 e. The van der Waals surface area contributed by atoms with Crippen LogP contribution < -0.4 is 15.0 Å². The summed E-state index contributed by atoms with van der Waals surface area (Å²) in [5, 5.41) is 2.52. The van der Waals surface area contributed by atoms with E-state index >= 15 is 0 Å². The quantitative estimate of drug-likeness (QED) is 0.365. The maximum Gasteiger partial charge on any atom is 0.416 e. The Bertz CT molecular complexity index is 1530. The van der Waals surface area contributed by atoms with E-state index in [-0.39, 0.29) is 29.3 Å². The normalized spacial score (nSPS) is 17.9. The number of carbonyl (C=O) groups is 1. The van der Waals surface area contributed by atoms with Crippen LogP contribution >= 0.6 is 0 Å². The average molecular weight is 541 g/mol. The van der Waals surface area contributed by atoms with E-state index < -0.39 is 17.6 Å². The van der Waals surface area contributed by atoms with E-state index in [4.69, 9.17) is 14.5 Å². The van der Waals surface area contributed by atoms with Gasteiger partial charge in [0, 0.05) is 31.4 Å². The molecule has 2 aromatic carbocycles. The number of nitrogens with one attached hydrogen (secondary N) is 1. The highest BCUT2D eigenvalue weighted by molar-refractivity contribution is 6.04. The third-order valence-electron chi connectivity index (χ3n) is 6.32. The molecule has 1 amide bonds. The monoisotopic (exact) mass is 540 g/mol. The van der Waals surface area contributed by atoms with Crippen molar-refractivity contribution in [3.8, 4) is 11.6 Å². The van der Waals surface area contributed by atoms with Crippen molar-refractivity contribution in [2.45, 2.75) is 39.2 Å². The highest BCUT2D eigenvalue weighted by Gasteiger charge is 2.30. The van der Waals surface area contributed by atoms with Crippen LogP contribution in [0.1, 0.15) is 35.3 Å². The number of rotatable bonds is 5. The summed E-state index contributed by atoms with van der Waals surface area (Å²) < 4.78 is 53.0. The summed E-state index contributed by atoms with van der Waals surface area (Å²) in [6.45, 7) is 7.01. The Balaban J connectivity index is 1.45. The summed E-state index contributed by atoms with van der Waals surface area (Å²) in [7, 11) is 1.82. The van der Waals surface area contributed by atoms with Gasteiger partial charge in [-0.3, -0.25) is 4.79 Å². The SMILES string of the molecule is Cc1ccc(C(=O)Nc2cccc(C(F)(F)F)c2)cc1Oc1nc(N2CC(C)OC(C)C2)nc2c1ncn2C. The van der Waals surface area contributed by atoms with E-state index in [0.717, 1.165) is 17.7 Å². The lowest BCUT2D eigenvalue weighted by molar-refractivity contribution is -0.137. The molecule has 0 aliphatic carbocycles. The van der Waals surface area contributed by atoms with Gasteiger partial charge in [-0.1, -0.05) is 12.1 Å². The summed E-state index contributed by atoms with van der Waals surface area (Å²) in [6.07, 6.45) is -2.90. The number of hydrogen-bond acceptors (Lipinski definition) is 7. The van der Waals surface area contributed by atoms with Gasteiger partial charge in [0.1, 0.15) is 5.75 Å². The fourth-order valence-electron chi connectivity index (χ4n) is 4.46. The summed E-state index contributed by atoms with van der Waals surface area (Å²) in [4.78, 5) is 28.7. The number of aryl methyl sites for hydroxylation is 2. The van der Waals surface area contributed by atoms with Crippen molar-refractivity contribution in [1.29, 1.82) is 0 Å². The van der Waals surface area contributed by atoms with Crippen molar-refractivity contribution in [3.05, 3.63) is 65.5 Å². The zero-order chi connectivity index (χ0) is 27.9. The number of hydrogen-bond donors (Lipinski definition) is 1. The zero-order valence-electron chi connectivity index (χ0n) is 21.8. The average Bonchev–Trinajstić information content (AvgIpc) is 3.25. The number of ether oxygens (including phenoxy) is 2. The fourth-order valence-corrected chi connectivity index (χ4v) is 4.46. The number of nitrogens with zero attached hydrogens (tertiary/aromatic N) is 5. The van der Waals surface area contributed by atoms with Crippen molar-refractivity contribution in [3.63, 3.8) is 0 Å². The highest BCUT2D eigenvalue weighted by atomic mass is 19.4. The maximum absolute atomic E-state index is 13.1.